The van der Waals surface area contributed by atoms with Gasteiger partial charge in [-0.05, 0) is 12.8 Å². The number of rotatable bonds is 0. The van der Waals surface area contributed by atoms with Crippen LogP contribution in [0, 0.1) is 0 Å². The minimum absolute atomic E-state index is 0.0238. The summed E-state index contributed by atoms with van der Waals surface area (Å²) in [7, 11) is 0. The largest absolute Gasteiger partial charge is 0.344 e. The number of hydrogen-bond acceptors (Lipinski definition) is 2. The van der Waals surface area contributed by atoms with Crippen LogP contribution in [0.1, 0.15) is 25.7 Å². The van der Waals surface area contributed by atoms with Gasteiger partial charge in [-0.1, -0.05) is 6.08 Å². The molecule has 0 atom stereocenters. The summed E-state index contributed by atoms with van der Waals surface area (Å²) in [6.07, 6.45) is 6.22. The van der Waals surface area contributed by atoms with Gasteiger partial charge < -0.3 is 5.32 Å². The van der Waals surface area contributed by atoms with Crippen LogP contribution in [-0.4, -0.2) is 17.2 Å². The van der Waals surface area contributed by atoms with Crippen LogP contribution in [0.5, 0.6) is 0 Å². The van der Waals surface area contributed by atoms with Crippen LogP contribution < -0.4 is 5.32 Å². The van der Waals surface area contributed by atoms with Crippen molar-refractivity contribution in [1.82, 2.24) is 5.32 Å². The molecule has 1 amide bonds. The summed E-state index contributed by atoms with van der Waals surface area (Å²) in [5.74, 6) is 0.291. The van der Waals surface area contributed by atoms with E-state index in [0.29, 0.717) is 18.6 Å². The Hall–Kier alpha value is -1.12. The second-order valence-electron chi connectivity index (χ2n) is 3.52. The van der Waals surface area contributed by atoms with E-state index in [-0.39, 0.29) is 11.4 Å². The highest BCUT2D eigenvalue weighted by molar-refractivity contribution is 5.92. The van der Waals surface area contributed by atoms with Crippen molar-refractivity contribution < 1.29 is 9.59 Å². The van der Waals surface area contributed by atoms with Gasteiger partial charge in [-0.15, -0.1) is 0 Å². The lowest BCUT2D eigenvalue weighted by Crippen LogP contribution is -2.44. The Morgan fingerprint density at radius 3 is 2.42 bits per heavy atom. The second kappa shape index (κ2) is 2.44. The minimum Gasteiger partial charge on any atom is -0.344 e. The third kappa shape index (κ3) is 1.15. The summed E-state index contributed by atoms with van der Waals surface area (Å²) < 4.78 is 0. The smallest absolute Gasteiger partial charge is 0.244 e. The number of ketones is 1. The normalized spacial score (nSPS) is 26.3. The topological polar surface area (TPSA) is 46.2 Å². The number of carbonyl (C=O) groups excluding carboxylic acids is 2. The van der Waals surface area contributed by atoms with Gasteiger partial charge in [-0.3, -0.25) is 9.59 Å². The zero-order valence-electron chi connectivity index (χ0n) is 6.80. The fourth-order valence-electron chi connectivity index (χ4n) is 1.83. The maximum atomic E-state index is 10.9. The van der Waals surface area contributed by atoms with E-state index in [9.17, 15) is 9.59 Å². The predicted octanol–water partition coefficient (Wildman–Crippen LogP) is 0.554. The Labute approximate surface area is 70.8 Å². The average Bonchev–Trinajstić information content (AvgIpc) is 2.40. The molecule has 0 radical (unpaired) electrons. The number of amides is 1. The van der Waals surface area contributed by atoms with E-state index in [1.165, 1.54) is 0 Å². The molecule has 0 bridgehead atoms. The molecule has 1 spiro atoms. The van der Waals surface area contributed by atoms with Gasteiger partial charge in [-0.25, -0.2) is 0 Å². The fraction of sp³-hybridized carbons (Fsp3) is 0.556. The zero-order valence-corrected chi connectivity index (χ0v) is 6.80. The molecule has 3 nitrogen and oxygen atoms in total. The number of carbonyl (C=O) groups is 2. The molecule has 1 saturated carbocycles. The fourth-order valence-corrected chi connectivity index (χ4v) is 1.83. The van der Waals surface area contributed by atoms with Crippen LogP contribution in [-0.2, 0) is 9.59 Å². The molecule has 12 heavy (non-hydrogen) atoms. The SMILES string of the molecule is O=C1CCC2(C=CC(=O)N2)CC1. The first kappa shape index (κ1) is 7.53. The van der Waals surface area contributed by atoms with Gasteiger partial charge in [0.2, 0.25) is 5.91 Å². The highest BCUT2D eigenvalue weighted by Gasteiger charge is 2.36. The molecular formula is C9H11NO2. The van der Waals surface area contributed by atoms with Gasteiger partial charge in [0, 0.05) is 18.9 Å². The highest BCUT2D eigenvalue weighted by atomic mass is 16.2. The molecule has 1 aliphatic heterocycles. The summed E-state index contributed by atoms with van der Waals surface area (Å²) in [5.41, 5.74) is -0.176. The summed E-state index contributed by atoms with van der Waals surface area (Å²) in [6.45, 7) is 0. The lowest BCUT2D eigenvalue weighted by Gasteiger charge is -2.31. The molecule has 0 unspecified atom stereocenters. The molecule has 1 N–H and O–H groups in total. The molecule has 0 aromatic carbocycles. The van der Waals surface area contributed by atoms with Crippen molar-refractivity contribution in [3.63, 3.8) is 0 Å². The molecule has 0 saturated heterocycles. The van der Waals surface area contributed by atoms with Crippen LogP contribution in [0.3, 0.4) is 0 Å². The Morgan fingerprint density at radius 2 is 1.92 bits per heavy atom. The van der Waals surface area contributed by atoms with E-state index in [1.807, 2.05) is 6.08 Å². The van der Waals surface area contributed by atoms with Gasteiger partial charge in [0.05, 0.1) is 5.54 Å². The molecule has 0 aromatic rings. The van der Waals surface area contributed by atoms with Gasteiger partial charge in [0.25, 0.3) is 0 Å². The van der Waals surface area contributed by atoms with Crippen LogP contribution in [0.2, 0.25) is 0 Å². The number of Topliss-reactive ketones (excluding diaryl/α,β-unsaturated/α-hetero) is 1. The first-order valence-electron chi connectivity index (χ1n) is 4.23. The maximum absolute atomic E-state index is 10.9. The molecular weight excluding hydrogens is 154 g/mol. The summed E-state index contributed by atoms with van der Waals surface area (Å²) in [4.78, 5) is 21.9. The van der Waals surface area contributed by atoms with Crippen LogP contribution in [0.25, 0.3) is 0 Å². The Kier molecular flexibility index (Phi) is 1.53. The molecule has 3 heteroatoms. The van der Waals surface area contributed by atoms with Crippen molar-refractivity contribution in [1.29, 1.82) is 0 Å². The van der Waals surface area contributed by atoms with Crippen LogP contribution in [0.4, 0.5) is 0 Å². The lowest BCUT2D eigenvalue weighted by molar-refractivity contribution is -0.123. The van der Waals surface area contributed by atoms with Crippen molar-refractivity contribution in [2.75, 3.05) is 0 Å². The standard InChI is InChI=1S/C9H11NO2/c11-7-1-4-9(5-2-7)6-3-8(12)10-9/h3,6H,1-2,4-5H2,(H,10,12). The Balaban J connectivity index is 2.10. The zero-order chi connectivity index (χ0) is 8.60. The van der Waals surface area contributed by atoms with E-state index < -0.39 is 0 Å². The van der Waals surface area contributed by atoms with Crippen molar-refractivity contribution in [2.24, 2.45) is 0 Å². The van der Waals surface area contributed by atoms with Crippen molar-refractivity contribution in [2.45, 2.75) is 31.2 Å². The third-order valence-corrected chi connectivity index (χ3v) is 2.63. The second-order valence-corrected chi connectivity index (χ2v) is 3.52. The Bertz CT molecular complexity index is 258. The molecule has 0 aromatic heterocycles. The number of nitrogens with one attached hydrogen (secondary N) is 1. The number of hydrogen-bond donors (Lipinski definition) is 1. The first-order valence-corrected chi connectivity index (χ1v) is 4.23. The van der Waals surface area contributed by atoms with Crippen molar-refractivity contribution >= 4 is 11.7 Å². The van der Waals surface area contributed by atoms with E-state index >= 15 is 0 Å². The van der Waals surface area contributed by atoms with Gasteiger partial charge in [0.15, 0.2) is 0 Å². The Morgan fingerprint density at radius 1 is 1.25 bits per heavy atom. The van der Waals surface area contributed by atoms with Gasteiger partial charge >= 0.3 is 0 Å². The third-order valence-electron chi connectivity index (χ3n) is 2.63. The van der Waals surface area contributed by atoms with Crippen molar-refractivity contribution in [3.8, 4) is 0 Å². The highest BCUT2D eigenvalue weighted by Crippen LogP contribution is 2.29. The lowest BCUT2D eigenvalue weighted by atomic mass is 9.82. The van der Waals surface area contributed by atoms with E-state index in [2.05, 4.69) is 5.32 Å². The molecule has 64 valence electrons. The molecule has 2 aliphatic rings. The molecule has 2 rings (SSSR count). The quantitative estimate of drug-likeness (QED) is 0.570. The van der Waals surface area contributed by atoms with Gasteiger partial charge in [-0.2, -0.15) is 0 Å². The average molecular weight is 165 g/mol. The minimum atomic E-state index is -0.176. The van der Waals surface area contributed by atoms with Gasteiger partial charge in [0.1, 0.15) is 5.78 Å². The van der Waals surface area contributed by atoms with Crippen LogP contribution in [0.15, 0.2) is 12.2 Å². The van der Waals surface area contributed by atoms with E-state index in [4.69, 9.17) is 0 Å². The van der Waals surface area contributed by atoms with Crippen LogP contribution >= 0.6 is 0 Å². The monoisotopic (exact) mass is 165 g/mol. The summed E-state index contributed by atoms with van der Waals surface area (Å²) in [5, 5.41) is 2.89. The van der Waals surface area contributed by atoms with Crippen molar-refractivity contribution in [3.05, 3.63) is 12.2 Å². The summed E-state index contributed by atoms with van der Waals surface area (Å²) >= 11 is 0. The maximum Gasteiger partial charge on any atom is 0.244 e. The first-order chi connectivity index (χ1) is 5.70. The molecule has 1 aliphatic carbocycles. The molecule has 1 heterocycles. The van der Waals surface area contributed by atoms with E-state index in [1.54, 1.807) is 6.08 Å². The van der Waals surface area contributed by atoms with E-state index in [0.717, 1.165) is 12.8 Å². The predicted molar refractivity (Wildman–Crippen MR) is 43.5 cm³/mol. The summed E-state index contributed by atoms with van der Waals surface area (Å²) in [6, 6.07) is 0. The molecule has 1 fully saturated rings.